The number of ether oxygens (including phenoxy) is 1. The van der Waals surface area contributed by atoms with E-state index in [2.05, 4.69) is 15.4 Å². The van der Waals surface area contributed by atoms with Gasteiger partial charge in [-0.2, -0.15) is 5.26 Å². The molecule has 0 aromatic heterocycles. The van der Waals surface area contributed by atoms with Gasteiger partial charge in [0.15, 0.2) is 0 Å². The second kappa shape index (κ2) is 10.7. The Balaban J connectivity index is 1.49. The first-order valence-corrected chi connectivity index (χ1v) is 10.9. The molecule has 180 valence electrons. The molecule has 1 saturated heterocycles. The average Bonchev–Trinajstić information content (AvgIpc) is 3.26. The van der Waals surface area contributed by atoms with Crippen molar-refractivity contribution in [1.29, 1.82) is 5.26 Å². The van der Waals surface area contributed by atoms with E-state index in [4.69, 9.17) is 5.26 Å². The third-order valence-electron chi connectivity index (χ3n) is 6.15. The fourth-order valence-corrected chi connectivity index (χ4v) is 4.37. The summed E-state index contributed by atoms with van der Waals surface area (Å²) in [5.74, 6) is -1.10. The SMILES string of the molecule is N#Cc1ccc(CNC(=O)C2CCC(NC(=O)N3CCC[C@H]3CO)CC2)c(OC(F)(F)F)c1. The zero-order chi connectivity index (χ0) is 24.0. The van der Waals surface area contributed by atoms with Crippen LogP contribution in [0.3, 0.4) is 0 Å². The predicted octanol–water partition coefficient (Wildman–Crippen LogP) is 2.80. The molecule has 3 amide bonds. The quantitative estimate of drug-likeness (QED) is 0.594. The predicted molar refractivity (Wildman–Crippen MR) is 111 cm³/mol. The van der Waals surface area contributed by atoms with Gasteiger partial charge in [-0.25, -0.2) is 4.79 Å². The number of likely N-dealkylation sites (tertiary alicyclic amines) is 1. The lowest BCUT2D eigenvalue weighted by atomic mass is 9.85. The molecule has 1 aliphatic carbocycles. The number of nitrogens with zero attached hydrogens (tertiary/aromatic N) is 2. The molecule has 1 saturated carbocycles. The molecule has 0 spiro atoms. The van der Waals surface area contributed by atoms with Crippen LogP contribution in [0, 0.1) is 17.2 Å². The van der Waals surface area contributed by atoms with E-state index in [-0.39, 0.29) is 54.2 Å². The Hall–Kier alpha value is -3.00. The Bertz CT molecular complexity index is 895. The Labute approximate surface area is 189 Å². The molecule has 3 rings (SSSR count). The molecular formula is C22H27F3N4O4. The fourth-order valence-electron chi connectivity index (χ4n) is 4.37. The van der Waals surface area contributed by atoms with E-state index in [0.717, 1.165) is 18.9 Å². The smallest absolute Gasteiger partial charge is 0.405 e. The number of halogens is 3. The third kappa shape index (κ3) is 6.74. The van der Waals surface area contributed by atoms with Crippen molar-refractivity contribution in [2.24, 2.45) is 5.92 Å². The van der Waals surface area contributed by atoms with E-state index < -0.39 is 12.1 Å². The van der Waals surface area contributed by atoms with E-state index in [9.17, 15) is 27.9 Å². The van der Waals surface area contributed by atoms with Gasteiger partial charge in [-0.15, -0.1) is 13.2 Å². The number of hydrogen-bond acceptors (Lipinski definition) is 5. The van der Waals surface area contributed by atoms with E-state index in [1.807, 2.05) is 0 Å². The summed E-state index contributed by atoms with van der Waals surface area (Å²) in [6, 6.07) is 5.02. The molecule has 2 aliphatic rings. The van der Waals surface area contributed by atoms with Crippen LogP contribution in [0.4, 0.5) is 18.0 Å². The van der Waals surface area contributed by atoms with E-state index in [1.165, 1.54) is 12.1 Å². The van der Waals surface area contributed by atoms with Gasteiger partial charge in [0.05, 0.1) is 24.3 Å². The van der Waals surface area contributed by atoms with Gasteiger partial charge in [0.25, 0.3) is 0 Å². The highest BCUT2D eigenvalue weighted by Crippen LogP contribution is 2.29. The molecular weight excluding hydrogens is 441 g/mol. The highest BCUT2D eigenvalue weighted by atomic mass is 19.4. The van der Waals surface area contributed by atoms with Crippen molar-refractivity contribution in [2.75, 3.05) is 13.2 Å². The lowest BCUT2D eigenvalue weighted by Gasteiger charge is -2.31. The summed E-state index contributed by atoms with van der Waals surface area (Å²) in [5.41, 5.74) is 0.133. The van der Waals surface area contributed by atoms with E-state index >= 15 is 0 Å². The van der Waals surface area contributed by atoms with Crippen molar-refractivity contribution in [3.05, 3.63) is 29.3 Å². The second-order valence-electron chi connectivity index (χ2n) is 8.37. The standard InChI is InChI=1S/C22H27F3N4O4/c23-22(24,25)33-19-10-14(11-26)3-4-16(19)12-27-20(31)15-5-7-17(8-6-15)28-21(32)29-9-1-2-18(29)13-30/h3-4,10,15,17-18,30H,1-2,5-9,12-13H2,(H,27,31)(H,28,32)/t15?,17?,18-/m0/s1. The Morgan fingerprint density at radius 3 is 2.58 bits per heavy atom. The number of aliphatic hydroxyl groups is 1. The molecule has 33 heavy (non-hydrogen) atoms. The minimum atomic E-state index is -4.91. The lowest BCUT2D eigenvalue weighted by molar-refractivity contribution is -0.274. The van der Waals surface area contributed by atoms with Gasteiger partial charge >= 0.3 is 12.4 Å². The minimum absolute atomic E-state index is 0.0175. The number of aliphatic hydroxyl groups excluding tert-OH is 1. The van der Waals surface area contributed by atoms with Crippen molar-refractivity contribution in [3.63, 3.8) is 0 Å². The molecule has 0 unspecified atom stereocenters. The zero-order valence-electron chi connectivity index (χ0n) is 18.0. The van der Waals surface area contributed by atoms with Crippen molar-refractivity contribution >= 4 is 11.9 Å². The van der Waals surface area contributed by atoms with Crippen LogP contribution in [-0.4, -0.2) is 53.5 Å². The van der Waals surface area contributed by atoms with E-state index in [1.54, 1.807) is 11.0 Å². The number of alkyl halides is 3. The fraction of sp³-hybridized carbons (Fsp3) is 0.591. The Morgan fingerprint density at radius 2 is 1.94 bits per heavy atom. The topological polar surface area (TPSA) is 115 Å². The van der Waals surface area contributed by atoms with Crippen LogP contribution in [0.2, 0.25) is 0 Å². The van der Waals surface area contributed by atoms with Gasteiger partial charge in [-0.1, -0.05) is 6.07 Å². The summed E-state index contributed by atoms with van der Waals surface area (Å²) in [6.45, 7) is 0.392. The molecule has 1 atom stereocenters. The Morgan fingerprint density at radius 1 is 1.21 bits per heavy atom. The van der Waals surface area contributed by atoms with Gasteiger partial charge in [0, 0.05) is 30.6 Å². The monoisotopic (exact) mass is 468 g/mol. The summed E-state index contributed by atoms with van der Waals surface area (Å²) in [5, 5.41) is 23.9. The summed E-state index contributed by atoms with van der Waals surface area (Å²) in [6.07, 6.45) is -0.964. The van der Waals surface area contributed by atoms with Crippen LogP contribution in [-0.2, 0) is 11.3 Å². The van der Waals surface area contributed by atoms with Crippen molar-refractivity contribution in [3.8, 4) is 11.8 Å². The maximum Gasteiger partial charge on any atom is 0.573 e. The van der Waals surface area contributed by atoms with Crippen molar-refractivity contribution < 1.29 is 32.6 Å². The van der Waals surface area contributed by atoms with Crippen molar-refractivity contribution in [1.82, 2.24) is 15.5 Å². The number of urea groups is 1. The molecule has 1 aliphatic heterocycles. The molecule has 8 nitrogen and oxygen atoms in total. The number of carbonyl (C=O) groups excluding carboxylic acids is 2. The van der Waals surface area contributed by atoms with Crippen LogP contribution < -0.4 is 15.4 Å². The molecule has 1 aromatic rings. The first kappa shape index (κ1) is 24.6. The van der Waals surface area contributed by atoms with Crippen LogP contribution in [0.5, 0.6) is 5.75 Å². The van der Waals surface area contributed by atoms with E-state index in [0.29, 0.717) is 32.2 Å². The number of hydrogen-bond donors (Lipinski definition) is 3. The van der Waals surface area contributed by atoms with Gasteiger partial charge in [-0.3, -0.25) is 4.79 Å². The molecule has 0 bridgehead atoms. The second-order valence-corrected chi connectivity index (χ2v) is 8.37. The molecule has 2 fully saturated rings. The number of amides is 3. The number of nitrogens with one attached hydrogen (secondary N) is 2. The van der Waals surface area contributed by atoms with Crippen LogP contribution in [0.1, 0.15) is 49.7 Å². The summed E-state index contributed by atoms with van der Waals surface area (Å²) in [4.78, 5) is 26.7. The third-order valence-corrected chi connectivity index (χ3v) is 6.15. The van der Waals surface area contributed by atoms with Gasteiger partial charge < -0.3 is 25.4 Å². The highest BCUT2D eigenvalue weighted by molar-refractivity contribution is 5.79. The van der Waals surface area contributed by atoms with Gasteiger partial charge in [0.1, 0.15) is 5.75 Å². The van der Waals surface area contributed by atoms with Gasteiger partial charge in [-0.05, 0) is 50.7 Å². The number of nitriles is 1. The normalized spacial score (nSPS) is 23.0. The molecule has 1 heterocycles. The molecule has 1 aromatic carbocycles. The molecule has 11 heteroatoms. The first-order chi connectivity index (χ1) is 15.7. The largest absolute Gasteiger partial charge is 0.573 e. The number of benzene rings is 1. The summed E-state index contributed by atoms with van der Waals surface area (Å²) < 4.78 is 42.0. The molecule has 0 radical (unpaired) electrons. The van der Waals surface area contributed by atoms with Crippen LogP contribution in [0.15, 0.2) is 18.2 Å². The Kier molecular flexibility index (Phi) is 8.02. The first-order valence-electron chi connectivity index (χ1n) is 10.9. The van der Waals surface area contributed by atoms with Crippen LogP contribution >= 0.6 is 0 Å². The molecule has 3 N–H and O–H groups in total. The van der Waals surface area contributed by atoms with Crippen LogP contribution in [0.25, 0.3) is 0 Å². The highest BCUT2D eigenvalue weighted by Gasteiger charge is 2.33. The maximum atomic E-state index is 12.7. The lowest BCUT2D eigenvalue weighted by Crippen LogP contribution is -2.49. The summed E-state index contributed by atoms with van der Waals surface area (Å²) in [7, 11) is 0. The average molecular weight is 468 g/mol. The number of carbonyl (C=O) groups is 2. The van der Waals surface area contributed by atoms with Crippen molar-refractivity contribution in [2.45, 2.75) is 63.5 Å². The maximum absolute atomic E-state index is 12.7. The van der Waals surface area contributed by atoms with Gasteiger partial charge in [0.2, 0.25) is 5.91 Å². The number of rotatable bonds is 6. The minimum Gasteiger partial charge on any atom is -0.405 e. The summed E-state index contributed by atoms with van der Waals surface area (Å²) >= 11 is 0. The zero-order valence-corrected chi connectivity index (χ0v) is 18.0.